The first-order valence-electron chi connectivity index (χ1n) is 9.77. The number of hydrogen-bond acceptors (Lipinski definition) is 5. The quantitative estimate of drug-likeness (QED) is 0.712. The molecule has 2 N–H and O–H groups in total. The lowest BCUT2D eigenvalue weighted by molar-refractivity contribution is -0.119. The molecule has 1 aliphatic rings. The van der Waals surface area contributed by atoms with E-state index in [0.717, 1.165) is 6.42 Å². The Morgan fingerprint density at radius 3 is 2.59 bits per heavy atom. The van der Waals surface area contributed by atoms with E-state index < -0.39 is 0 Å². The highest BCUT2D eigenvalue weighted by Crippen LogP contribution is 2.26. The van der Waals surface area contributed by atoms with Crippen LogP contribution in [0, 0.1) is 0 Å². The van der Waals surface area contributed by atoms with Crippen LogP contribution in [0.5, 0.6) is 5.75 Å². The number of carbonyl (C=O) groups excluding carboxylic acids is 2. The van der Waals surface area contributed by atoms with Crippen LogP contribution in [0.4, 0.5) is 5.69 Å². The van der Waals surface area contributed by atoms with E-state index in [1.807, 2.05) is 30.3 Å². The Labute approximate surface area is 171 Å². The number of amides is 2. The Bertz CT molecular complexity index is 820. The van der Waals surface area contributed by atoms with Crippen molar-refractivity contribution in [2.45, 2.75) is 6.42 Å². The zero-order valence-electron chi connectivity index (χ0n) is 16.6. The van der Waals surface area contributed by atoms with Gasteiger partial charge in [-0.15, -0.1) is 0 Å². The van der Waals surface area contributed by atoms with Gasteiger partial charge in [-0.3, -0.25) is 9.59 Å². The zero-order valence-corrected chi connectivity index (χ0v) is 16.6. The topological polar surface area (TPSA) is 79.9 Å². The maximum absolute atomic E-state index is 12.7. The van der Waals surface area contributed by atoms with Crippen LogP contribution in [0.1, 0.15) is 15.9 Å². The standard InChI is InChI=1S/C22H27N3O4/c1-28-20-8-7-18(22(27)25-11-13-29-14-12-25)15-19(20)24-16-21(26)23-10-9-17-5-3-2-4-6-17/h2-8,15,24H,9-14,16H2,1H3,(H,23,26). The number of anilines is 1. The van der Waals surface area contributed by atoms with Crippen molar-refractivity contribution < 1.29 is 19.1 Å². The predicted octanol–water partition coefficient (Wildman–Crippen LogP) is 1.94. The summed E-state index contributed by atoms with van der Waals surface area (Å²) in [5.74, 6) is 0.417. The smallest absolute Gasteiger partial charge is 0.254 e. The predicted molar refractivity (Wildman–Crippen MR) is 111 cm³/mol. The number of hydrogen-bond donors (Lipinski definition) is 2. The number of morpholine rings is 1. The van der Waals surface area contributed by atoms with Gasteiger partial charge in [0.05, 0.1) is 32.6 Å². The number of carbonyl (C=O) groups is 2. The van der Waals surface area contributed by atoms with E-state index >= 15 is 0 Å². The van der Waals surface area contributed by atoms with Crippen molar-refractivity contribution in [1.29, 1.82) is 0 Å². The van der Waals surface area contributed by atoms with Gasteiger partial charge in [-0.05, 0) is 30.2 Å². The lowest BCUT2D eigenvalue weighted by Gasteiger charge is -2.27. The third-order valence-electron chi connectivity index (χ3n) is 4.76. The minimum absolute atomic E-state index is 0.0497. The third kappa shape index (κ3) is 5.96. The molecule has 0 bridgehead atoms. The molecule has 7 heteroatoms. The summed E-state index contributed by atoms with van der Waals surface area (Å²) in [4.78, 5) is 26.6. The fourth-order valence-corrected chi connectivity index (χ4v) is 3.16. The van der Waals surface area contributed by atoms with Gasteiger partial charge in [0.2, 0.25) is 5.91 Å². The summed E-state index contributed by atoms with van der Waals surface area (Å²) in [6.45, 7) is 2.93. The second-order valence-electron chi connectivity index (χ2n) is 6.76. The van der Waals surface area contributed by atoms with E-state index in [1.165, 1.54) is 5.56 Å². The second kappa shape index (κ2) is 10.5. The van der Waals surface area contributed by atoms with Gasteiger partial charge < -0.3 is 25.0 Å². The molecule has 7 nitrogen and oxygen atoms in total. The minimum Gasteiger partial charge on any atom is -0.495 e. The average molecular weight is 397 g/mol. The Balaban J connectivity index is 1.54. The fourth-order valence-electron chi connectivity index (χ4n) is 3.16. The Hall–Kier alpha value is -3.06. The number of nitrogens with one attached hydrogen (secondary N) is 2. The third-order valence-corrected chi connectivity index (χ3v) is 4.76. The molecule has 2 aromatic carbocycles. The molecule has 1 heterocycles. The molecule has 0 radical (unpaired) electrons. The van der Waals surface area contributed by atoms with Crippen LogP contribution in [0.25, 0.3) is 0 Å². The Morgan fingerprint density at radius 2 is 1.86 bits per heavy atom. The molecular formula is C22H27N3O4. The highest BCUT2D eigenvalue weighted by atomic mass is 16.5. The minimum atomic E-state index is -0.118. The van der Waals surface area contributed by atoms with Crippen LogP contribution in [0.2, 0.25) is 0 Å². The number of methoxy groups -OCH3 is 1. The normalized spacial score (nSPS) is 13.6. The fraction of sp³-hybridized carbons (Fsp3) is 0.364. The van der Waals surface area contributed by atoms with Crippen LogP contribution in [-0.2, 0) is 16.0 Å². The van der Waals surface area contributed by atoms with E-state index in [-0.39, 0.29) is 18.4 Å². The van der Waals surface area contributed by atoms with Gasteiger partial charge in [-0.2, -0.15) is 0 Å². The van der Waals surface area contributed by atoms with Crippen LogP contribution < -0.4 is 15.4 Å². The summed E-state index contributed by atoms with van der Waals surface area (Å²) in [6, 6.07) is 15.2. The Kier molecular flexibility index (Phi) is 7.47. The van der Waals surface area contributed by atoms with Gasteiger partial charge >= 0.3 is 0 Å². The number of rotatable bonds is 8. The molecule has 0 atom stereocenters. The maximum Gasteiger partial charge on any atom is 0.254 e. The second-order valence-corrected chi connectivity index (χ2v) is 6.76. The van der Waals surface area contributed by atoms with Gasteiger partial charge in [-0.1, -0.05) is 30.3 Å². The first-order valence-corrected chi connectivity index (χ1v) is 9.77. The van der Waals surface area contributed by atoms with E-state index in [9.17, 15) is 9.59 Å². The molecule has 0 aliphatic carbocycles. The largest absolute Gasteiger partial charge is 0.495 e. The molecule has 29 heavy (non-hydrogen) atoms. The van der Waals surface area contributed by atoms with Gasteiger partial charge in [0, 0.05) is 25.2 Å². The molecule has 0 saturated carbocycles. The van der Waals surface area contributed by atoms with E-state index in [4.69, 9.17) is 9.47 Å². The first kappa shape index (κ1) is 20.7. The first-order chi connectivity index (χ1) is 14.2. The summed E-state index contributed by atoms with van der Waals surface area (Å²) in [6.07, 6.45) is 0.777. The zero-order chi connectivity index (χ0) is 20.5. The molecule has 1 aliphatic heterocycles. The SMILES string of the molecule is COc1ccc(C(=O)N2CCOCC2)cc1NCC(=O)NCCc1ccccc1. The lowest BCUT2D eigenvalue weighted by atomic mass is 10.1. The van der Waals surface area contributed by atoms with E-state index in [0.29, 0.717) is 49.8 Å². The van der Waals surface area contributed by atoms with Crippen molar-refractivity contribution in [3.05, 3.63) is 59.7 Å². The number of ether oxygens (including phenoxy) is 2. The van der Waals surface area contributed by atoms with Crippen LogP contribution >= 0.6 is 0 Å². The van der Waals surface area contributed by atoms with Gasteiger partial charge in [0.1, 0.15) is 5.75 Å². The van der Waals surface area contributed by atoms with Gasteiger partial charge in [0.25, 0.3) is 5.91 Å². The molecule has 0 aromatic heterocycles. The van der Waals surface area contributed by atoms with Crippen LogP contribution in [0.15, 0.2) is 48.5 Å². The molecule has 3 rings (SSSR count). The molecule has 2 amide bonds. The number of benzene rings is 2. The summed E-state index contributed by atoms with van der Waals surface area (Å²) in [5, 5.41) is 5.97. The molecule has 1 fully saturated rings. The number of nitrogens with zero attached hydrogens (tertiary/aromatic N) is 1. The summed E-state index contributed by atoms with van der Waals surface area (Å²) < 4.78 is 10.7. The molecule has 0 unspecified atom stereocenters. The maximum atomic E-state index is 12.7. The summed E-state index contributed by atoms with van der Waals surface area (Å²) in [5.41, 5.74) is 2.35. The lowest BCUT2D eigenvalue weighted by Crippen LogP contribution is -2.40. The van der Waals surface area contributed by atoms with Crippen molar-refractivity contribution in [3.8, 4) is 5.75 Å². The van der Waals surface area contributed by atoms with Crippen molar-refractivity contribution in [2.75, 3.05) is 51.8 Å². The van der Waals surface area contributed by atoms with Crippen molar-refractivity contribution in [1.82, 2.24) is 10.2 Å². The van der Waals surface area contributed by atoms with Crippen molar-refractivity contribution in [3.63, 3.8) is 0 Å². The van der Waals surface area contributed by atoms with Crippen molar-refractivity contribution >= 4 is 17.5 Å². The monoisotopic (exact) mass is 397 g/mol. The Morgan fingerprint density at radius 1 is 1.10 bits per heavy atom. The summed E-state index contributed by atoms with van der Waals surface area (Å²) in [7, 11) is 1.56. The molecule has 154 valence electrons. The van der Waals surface area contributed by atoms with Gasteiger partial charge in [0.15, 0.2) is 0 Å². The van der Waals surface area contributed by atoms with E-state index in [1.54, 1.807) is 30.2 Å². The molecule has 0 spiro atoms. The van der Waals surface area contributed by atoms with Crippen LogP contribution in [-0.4, -0.2) is 63.2 Å². The molecular weight excluding hydrogens is 370 g/mol. The summed E-state index contributed by atoms with van der Waals surface area (Å²) >= 11 is 0. The average Bonchev–Trinajstić information content (AvgIpc) is 2.78. The molecule has 2 aromatic rings. The highest BCUT2D eigenvalue weighted by Gasteiger charge is 2.19. The molecule has 1 saturated heterocycles. The van der Waals surface area contributed by atoms with Crippen molar-refractivity contribution in [2.24, 2.45) is 0 Å². The van der Waals surface area contributed by atoms with Crippen LogP contribution in [0.3, 0.4) is 0 Å². The van der Waals surface area contributed by atoms with Gasteiger partial charge in [-0.25, -0.2) is 0 Å². The van der Waals surface area contributed by atoms with E-state index in [2.05, 4.69) is 10.6 Å². The highest BCUT2D eigenvalue weighted by molar-refractivity contribution is 5.96.